The quantitative estimate of drug-likeness (QED) is 0.816. The Hall–Kier alpha value is -1.91. The highest BCUT2D eigenvalue weighted by atomic mass is 16.5. The first-order valence-corrected chi connectivity index (χ1v) is 4.77. The fourth-order valence-electron chi connectivity index (χ4n) is 1.27. The molecule has 0 aliphatic heterocycles. The van der Waals surface area contributed by atoms with Crippen LogP contribution in [0.15, 0.2) is 29.2 Å². The van der Waals surface area contributed by atoms with Crippen molar-refractivity contribution in [1.29, 1.82) is 0 Å². The minimum atomic E-state index is 0.705. The number of nitrogens with one attached hydrogen (secondary N) is 1. The van der Waals surface area contributed by atoms with E-state index in [1.165, 1.54) is 6.39 Å². The van der Waals surface area contributed by atoms with Gasteiger partial charge in [0.1, 0.15) is 5.82 Å². The number of aryl methyl sites for hydroxylation is 1. The molecular weight excluding hydrogens is 192 g/mol. The van der Waals surface area contributed by atoms with E-state index in [9.17, 15) is 0 Å². The molecule has 15 heavy (non-hydrogen) atoms. The van der Waals surface area contributed by atoms with Crippen LogP contribution in [-0.4, -0.2) is 21.7 Å². The highest BCUT2D eigenvalue weighted by Crippen LogP contribution is 2.08. The summed E-state index contributed by atoms with van der Waals surface area (Å²) in [5.74, 6) is 1.61. The van der Waals surface area contributed by atoms with Gasteiger partial charge < -0.3 is 9.84 Å². The zero-order chi connectivity index (χ0) is 10.5. The Bertz CT molecular complexity index is 413. The molecule has 0 spiro atoms. The monoisotopic (exact) mass is 204 g/mol. The molecule has 0 saturated heterocycles. The van der Waals surface area contributed by atoms with E-state index < -0.39 is 0 Å². The molecule has 1 N–H and O–H groups in total. The molecule has 2 aromatic rings. The van der Waals surface area contributed by atoms with Crippen LogP contribution in [0.25, 0.3) is 0 Å². The first kappa shape index (κ1) is 9.64. The van der Waals surface area contributed by atoms with E-state index in [4.69, 9.17) is 0 Å². The van der Waals surface area contributed by atoms with Crippen molar-refractivity contribution in [3.63, 3.8) is 0 Å². The first-order valence-electron chi connectivity index (χ1n) is 4.77. The van der Waals surface area contributed by atoms with Crippen LogP contribution < -0.4 is 5.32 Å². The summed E-state index contributed by atoms with van der Waals surface area (Å²) < 4.78 is 4.64. The van der Waals surface area contributed by atoms with Crippen LogP contribution in [0.1, 0.15) is 11.4 Å². The fraction of sp³-hybridized carbons (Fsp3) is 0.300. The highest BCUT2D eigenvalue weighted by Gasteiger charge is 2.00. The average molecular weight is 204 g/mol. The molecule has 0 atom stereocenters. The lowest BCUT2D eigenvalue weighted by Gasteiger charge is -2.05. The predicted molar refractivity (Wildman–Crippen MR) is 55.5 cm³/mol. The van der Waals surface area contributed by atoms with Gasteiger partial charge in [-0.1, -0.05) is 11.2 Å². The van der Waals surface area contributed by atoms with Crippen LogP contribution in [0.2, 0.25) is 0 Å². The summed E-state index contributed by atoms with van der Waals surface area (Å²) >= 11 is 0. The van der Waals surface area contributed by atoms with Crippen LogP contribution in [-0.2, 0) is 6.42 Å². The van der Waals surface area contributed by atoms with Crippen molar-refractivity contribution >= 4 is 5.82 Å². The molecule has 0 amide bonds. The van der Waals surface area contributed by atoms with Gasteiger partial charge in [0.25, 0.3) is 0 Å². The minimum absolute atomic E-state index is 0.705. The topological polar surface area (TPSA) is 63.8 Å². The predicted octanol–water partition coefficient (Wildman–Crippen LogP) is 1.43. The molecule has 2 aromatic heterocycles. The van der Waals surface area contributed by atoms with Crippen LogP contribution in [0.3, 0.4) is 0 Å². The van der Waals surface area contributed by atoms with Gasteiger partial charge in [0.05, 0.1) is 0 Å². The van der Waals surface area contributed by atoms with E-state index in [-0.39, 0.29) is 0 Å². The Labute approximate surface area is 87.5 Å². The van der Waals surface area contributed by atoms with Crippen LogP contribution in [0.4, 0.5) is 5.82 Å². The second kappa shape index (κ2) is 4.54. The van der Waals surface area contributed by atoms with Gasteiger partial charge in [-0.15, -0.1) is 0 Å². The SMILES string of the molecule is Cc1cccnc1NCCc1ncon1. The van der Waals surface area contributed by atoms with Crippen molar-refractivity contribution in [2.75, 3.05) is 11.9 Å². The van der Waals surface area contributed by atoms with Crippen molar-refractivity contribution in [1.82, 2.24) is 15.1 Å². The average Bonchev–Trinajstić information content (AvgIpc) is 2.74. The number of hydrogen-bond acceptors (Lipinski definition) is 5. The van der Waals surface area contributed by atoms with Crippen molar-refractivity contribution in [3.8, 4) is 0 Å². The lowest BCUT2D eigenvalue weighted by molar-refractivity contribution is 0.410. The second-order valence-corrected chi connectivity index (χ2v) is 3.19. The molecule has 0 aliphatic rings. The van der Waals surface area contributed by atoms with Gasteiger partial charge in [0.2, 0.25) is 6.39 Å². The van der Waals surface area contributed by atoms with Gasteiger partial charge in [0, 0.05) is 19.2 Å². The summed E-state index contributed by atoms with van der Waals surface area (Å²) in [5, 5.41) is 6.94. The van der Waals surface area contributed by atoms with Crippen LogP contribution >= 0.6 is 0 Å². The molecule has 0 aliphatic carbocycles. The van der Waals surface area contributed by atoms with Crippen molar-refractivity contribution in [2.45, 2.75) is 13.3 Å². The molecule has 5 heteroatoms. The van der Waals surface area contributed by atoms with E-state index in [1.54, 1.807) is 6.20 Å². The molecule has 0 bridgehead atoms. The summed E-state index contributed by atoms with van der Waals surface area (Å²) in [5.41, 5.74) is 1.13. The Morgan fingerprint density at radius 1 is 1.40 bits per heavy atom. The number of pyridine rings is 1. The molecular formula is C10H12N4O. The molecule has 0 aromatic carbocycles. The van der Waals surface area contributed by atoms with Gasteiger partial charge in [-0.25, -0.2) is 4.98 Å². The summed E-state index contributed by atoms with van der Waals surface area (Å²) in [6.07, 6.45) is 3.83. The minimum Gasteiger partial charge on any atom is -0.369 e. The molecule has 78 valence electrons. The number of nitrogens with zero attached hydrogens (tertiary/aromatic N) is 3. The van der Waals surface area contributed by atoms with Crippen molar-refractivity contribution in [3.05, 3.63) is 36.1 Å². The van der Waals surface area contributed by atoms with Gasteiger partial charge in [-0.3, -0.25) is 0 Å². The Morgan fingerprint density at radius 2 is 2.33 bits per heavy atom. The van der Waals surface area contributed by atoms with Crippen LogP contribution in [0.5, 0.6) is 0 Å². The number of hydrogen-bond donors (Lipinski definition) is 1. The lowest BCUT2D eigenvalue weighted by atomic mass is 10.3. The first-order chi connectivity index (χ1) is 7.36. The Morgan fingerprint density at radius 3 is 3.07 bits per heavy atom. The zero-order valence-corrected chi connectivity index (χ0v) is 8.47. The summed E-state index contributed by atoms with van der Waals surface area (Å²) in [4.78, 5) is 8.15. The maximum absolute atomic E-state index is 4.64. The maximum atomic E-state index is 4.64. The van der Waals surface area contributed by atoms with Crippen molar-refractivity contribution in [2.24, 2.45) is 0 Å². The van der Waals surface area contributed by atoms with Gasteiger partial charge in [-0.2, -0.15) is 4.98 Å². The fourth-order valence-corrected chi connectivity index (χ4v) is 1.27. The number of rotatable bonds is 4. The van der Waals surface area contributed by atoms with E-state index in [0.717, 1.165) is 24.3 Å². The molecule has 0 radical (unpaired) electrons. The zero-order valence-electron chi connectivity index (χ0n) is 8.47. The van der Waals surface area contributed by atoms with E-state index in [1.807, 2.05) is 19.1 Å². The molecule has 0 unspecified atom stereocenters. The third-order valence-corrected chi connectivity index (χ3v) is 2.06. The van der Waals surface area contributed by atoms with E-state index in [0.29, 0.717) is 5.82 Å². The summed E-state index contributed by atoms with van der Waals surface area (Å²) in [6, 6.07) is 3.93. The van der Waals surface area contributed by atoms with Crippen molar-refractivity contribution < 1.29 is 4.52 Å². The molecule has 0 fully saturated rings. The second-order valence-electron chi connectivity index (χ2n) is 3.19. The lowest BCUT2D eigenvalue weighted by Crippen LogP contribution is -2.08. The van der Waals surface area contributed by atoms with Gasteiger partial charge >= 0.3 is 0 Å². The molecule has 5 nitrogen and oxygen atoms in total. The summed E-state index contributed by atoms with van der Waals surface area (Å²) in [6.45, 7) is 2.76. The number of anilines is 1. The van der Waals surface area contributed by atoms with Gasteiger partial charge in [0.15, 0.2) is 5.82 Å². The standard InChI is InChI=1S/C10H12N4O/c1-8-3-2-5-11-10(8)12-6-4-9-13-7-15-14-9/h2-3,5,7H,4,6H2,1H3,(H,11,12). The smallest absolute Gasteiger partial charge is 0.213 e. The number of aromatic nitrogens is 3. The molecule has 0 saturated carbocycles. The van der Waals surface area contributed by atoms with E-state index in [2.05, 4.69) is 25.0 Å². The molecule has 2 rings (SSSR count). The largest absolute Gasteiger partial charge is 0.369 e. The third-order valence-electron chi connectivity index (χ3n) is 2.06. The highest BCUT2D eigenvalue weighted by molar-refractivity contribution is 5.42. The molecule has 2 heterocycles. The Balaban J connectivity index is 1.86. The maximum Gasteiger partial charge on any atom is 0.213 e. The van der Waals surface area contributed by atoms with Gasteiger partial charge in [-0.05, 0) is 18.6 Å². The normalized spacial score (nSPS) is 10.2. The third kappa shape index (κ3) is 2.52. The van der Waals surface area contributed by atoms with E-state index >= 15 is 0 Å². The Kier molecular flexibility index (Phi) is 2.92. The summed E-state index contributed by atoms with van der Waals surface area (Å²) in [7, 11) is 0. The van der Waals surface area contributed by atoms with Crippen LogP contribution in [0, 0.1) is 6.92 Å².